The van der Waals surface area contributed by atoms with Crippen molar-refractivity contribution in [3.8, 4) is 0 Å². The van der Waals surface area contributed by atoms with Crippen LogP contribution in [0.5, 0.6) is 0 Å². The Morgan fingerprint density at radius 2 is 1.83 bits per heavy atom. The quantitative estimate of drug-likeness (QED) is 0.722. The summed E-state index contributed by atoms with van der Waals surface area (Å²) in [6, 6.07) is 17.1. The van der Waals surface area contributed by atoms with Gasteiger partial charge in [-0.3, -0.25) is 4.98 Å². The van der Waals surface area contributed by atoms with Crippen molar-refractivity contribution in [3.63, 3.8) is 0 Å². The van der Waals surface area contributed by atoms with Gasteiger partial charge >= 0.3 is 0 Å². The van der Waals surface area contributed by atoms with Gasteiger partial charge in [0.25, 0.3) is 0 Å². The molecule has 0 saturated heterocycles. The minimum absolute atomic E-state index is 0.150. The first-order valence-corrected chi connectivity index (χ1v) is 6.58. The van der Waals surface area contributed by atoms with E-state index in [1.54, 1.807) is 0 Å². The highest BCUT2D eigenvalue weighted by Crippen LogP contribution is 2.67. The van der Waals surface area contributed by atoms with Gasteiger partial charge in [-0.2, -0.15) is 0 Å². The third-order valence-corrected chi connectivity index (χ3v) is 4.51. The summed E-state index contributed by atoms with van der Waals surface area (Å²) in [6.45, 7) is 0. The fourth-order valence-corrected chi connectivity index (χ4v) is 3.72. The number of hydrogen-bond acceptors (Lipinski definition) is 1. The second-order valence-electron chi connectivity index (χ2n) is 5.25. The fourth-order valence-electron chi connectivity index (χ4n) is 3.72. The summed E-state index contributed by atoms with van der Waals surface area (Å²) in [4.78, 5) is 4.64. The van der Waals surface area contributed by atoms with Crippen molar-refractivity contribution in [1.29, 1.82) is 0 Å². The first-order valence-electron chi connectivity index (χ1n) is 6.58. The Bertz CT molecular complexity index is 546. The van der Waals surface area contributed by atoms with Crippen LogP contribution in [0.4, 0.5) is 0 Å². The molecule has 1 fully saturated rings. The molecule has 1 saturated carbocycles. The van der Waals surface area contributed by atoms with Crippen LogP contribution >= 0.6 is 0 Å². The van der Waals surface area contributed by atoms with E-state index in [-0.39, 0.29) is 5.41 Å². The second-order valence-corrected chi connectivity index (χ2v) is 5.25. The van der Waals surface area contributed by atoms with Crippen LogP contribution in [0.2, 0.25) is 0 Å². The van der Waals surface area contributed by atoms with Gasteiger partial charge < -0.3 is 0 Å². The Morgan fingerprint density at radius 3 is 2.50 bits per heavy atom. The molecule has 88 valence electrons. The largest absolute Gasteiger partial charge is 0.260 e. The van der Waals surface area contributed by atoms with E-state index in [0.717, 1.165) is 5.92 Å². The number of rotatable bonds is 2. The lowest BCUT2D eigenvalue weighted by Crippen LogP contribution is -2.16. The van der Waals surface area contributed by atoms with Gasteiger partial charge in [0.15, 0.2) is 0 Å². The highest BCUT2D eigenvalue weighted by molar-refractivity contribution is 5.51. The zero-order valence-corrected chi connectivity index (χ0v) is 10.2. The van der Waals surface area contributed by atoms with Crippen LogP contribution < -0.4 is 0 Å². The third-order valence-electron chi connectivity index (χ3n) is 4.51. The van der Waals surface area contributed by atoms with Gasteiger partial charge in [-0.15, -0.1) is 0 Å². The van der Waals surface area contributed by atoms with Gasteiger partial charge in [0.1, 0.15) is 0 Å². The third kappa shape index (κ3) is 1.14. The van der Waals surface area contributed by atoms with Crippen LogP contribution in [0.25, 0.3) is 0 Å². The first-order chi connectivity index (χ1) is 8.94. The average Bonchev–Trinajstić information content (AvgIpc) is 2.82. The van der Waals surface area contributed by atoms with E-state index in [0.29, 0.717) is 5.92 Å². The van der Waals surface area contributed by atoms with Gasteiger partial charge in [0.05, 0.1) is 5.69 Å². The van der Waals surface area contributed by atoms with Crippen molar-refractivity contribution in [3.05, 3.63) is 78.1 Å². The number of pyridine rings is 1. The van der Waals surface area contributed by atoms with Crippen molar-refractivity contribution in [2.24, 2.45) is 11.8 Å². The number of nitrogens with zero attached hydrogens (tertiary/aromatic N) is 1. The molecule has 1 nitrogen and oxygen atoms in total. The van der Waals surface area contributed by atoms with Gasteiger partial charge in [0, 0.05) is 11.6 Å². The molecular formula is C17H15N. The highest BCUT2D eigenvalue weighted by Gasteiger charge is 2.66. The molecule has 3 atom stereocenters. The lowest BCUT2D eigenvalue weighted by Gasteiger charge is -2.19. The predicted octanol–water partition coefficient (Wildman–Crippen LogP) is 3.57. The molecule has 18 heavy (non-hydrogen) atoms. The molecule has 1 aromatic carbocycles. The number of allylic oxidation sites excluding steroid dienone is 2. The summed E-state index contributed by atoms with van der Waals surface area (Å²) < 4.78 is 0. The number of benzene rings is 1. The molecular weight excluding hydrogens is 218 g/mol. The molecule has 0 bridgehead atoms. The van der Waals surface area contributed by atoms with E-state index in [2.05, 4.69) is 59.6 Å². The van der Waals surface area contributed by atoms with Crippen LogP contribution in [0.1, 0.15) is 17.7 Å². The summed E-state index contributed by atoms with van der Waals surface area (Å²) in [5.41, 5.74) is 2.80. The van der Waals surface area contributed by atoms with Gasteiger partial charge in [0.2, 0.25) is 0 Å². The van der Waals surface area contributed by atoms with Gasteiger partial charge in [-0.1, -0.05) is 48.6 Å². The van der Waals surface area contributed by atoms with Crippen molar-refractivity contribution in [2.45, 2.75) is 11.8 Å². The molecule has 0 spiro atoms. The molecule has 1 heteroatoms. The SMILES string of the molecule is C1=CC2C(C1)C2(c1ccccc1)c1ccccn1. The molecule has 1 aromatic heterocycles. The van der Waals surface area contributed by atoms with Crippen LogP contribution in [0, 0.1) is 11.8 Å². The molecule has 1 heterocycles. The van der Waals surface area contributed by atoms with E-state index >= 15 is 0 Å². The normalized spacial score (nSPS) is 32.2. The fraction of sp³-hybridized carbons (Fsp3) is 0.235. The summed E-state index contributed by atoms with van der Waals surface area (Å²) in [7, 11) is 0. The van der Waals surface area contributed by atoms with E-state index in [4.69, 9.17) is 0 Å². The molecule has 0 radical (unpaired) electrons. The Balaban J connectivity index is 1.90. The molecule has 0 aliphatic heterocycles. The molecule has 0 N–H and O–H groups in total. The number of fused-ring (bicyclic) bond motifs is 1. The minimum Gasteiger partial charge on any atom is -0.260 e. The number of aromatic nitrogens is 1. The Kier molecular flexibility index (Phi) is 1.99. The highest BCUT2D eigenvalue weighted by atomic mass is 14.8. The molecule has 4 rings (SSSR count). The van der Waals surface area contributed by atoms with Gasteiger partial charge in [-0.05, 0) is 36.0 Å². The van der Waals surface area contributed by atoms with Crippen molar-refractivity contribution in [1.82, 2.24) is 4.98 Å². The number of hydrogen-bond donors (Lipinski definition) is 0. The minimum atomic E-state index is 0.150. The van der Waals surface area contributed by atoms with Crippen molar-refractivity contribution >= 4 is 0 Å². The average molecular weight is 233 g/mol. The molecule has 2 aromatic rings. The maximum absolute atomic E-state index is 4.64. The van der Waals surface area contributed by atoms with E-state index in [1.807, 2.05) is 12.3 Å². The maximum Gasteiger partial charge on any atom is 0.0518 e. The lowest BCUT2D eigenvalue weighted by molar-refractivity contribution is 0.676. The zero-order chi connectivity index (χ0) is 12.0. The van der Waals surface area contributed by atoms with E-state index in [1.165, 1.54) is 17.7 Å². The topological polar surface area (TPSA) is 12.9 Å². The Hall–Kier alpha value is -1.89. The first kappa shape index (κ1) is 10.1. The van der Waals surface area contributed by atoms with Crippen LogP contribution in [-0.4, -0.2) is 4.98 Å². The van der Waals surface area contributed by atoms with Crippen molar-refractivity contribution in [2.75, 3.05) is 0 Å². The maximum atomic E-state index is 4.64. The molecule has 2 aliphatic carbocycles. The lowest BCUT2D eigenvalue weighted by atomic mass is 9.86. The predicted molar refractivity (Wildman–Crippen MR) is 72.2 cm³/mol. The Labute approximate surface area is 107 Å². The van der Waals surface area contributed by atoms with Crippen molar-refractivity contribution < 1.29 is 0 Å². The molecule has 0 amide bonds. The van der Waals surface area contributed by atoms with Gasteiger partial charge in [-0.25, -0.2) is 0 Å². The monoisotopic (exact) mass is 233 g/mol. The van der Waals surface area contributed by atoms with Crippen LogP contribution in [-0.2, 0) is 5.41 Å². The van der Waals surface area contributed by atoms with E-state index < -0.39 is 0 Å². The smallest absolute Gasteiger partial charge is 0.0518 e. The zero-order valence-electron chi connectivity index (χ0n) is 10.2. The Morgan fingerprint density at radius 1 is 1.00 bits per heavy atom. The summed E-state index contributed by atoms with van der Waals surface area (Å²) in [5.74, 6) is 1.37. The van der Waals surface area contributed by atoms with Crippen LogP contribution in [0.15, 0.2) is 66.9 Å². The van der Waals surface area contributed by atoms with Crippen LogP contribution in [0.3, 0.4) is 0 Å². The van der Waals surface area contributed by atoms with E-state index in [9.17, 15) is 0 Å². The summed E-state index contributed by atoms with van der Waals surface area (Å²) in [6.07, 6.45) is 7.81. The second kappa shape index (κ2) is 3.55. The summed E-state index contributed by atoms with van der Waals surface area (Å²) >= 11 is 0. The summed E-state index contributed by atoms with van der Waals surface area (Å²) in [5, 5.41) is 0. The standard InChI is InChI=1S/C17H15N/c1-2-7-13(8-3-1)17(14-9-6-10-15(14)17)16-11-4-5-12-18-16/h1-9,11-12,14-15H,10H2. The molecule has 3 unspecified atom stereocenters. The molecule has 2 aliphatic rings.